The van der Waals surface area contributed by atoms with Gasteiger partial charge in [0.15, 0.2) is 11.5 Å². The number of aliphatic carboxylic acids is 1. The number of carbonyl (C=O) groups excluding carboxylic acids is 3. The van der Waals surface area contributed by atoms with Crippen molar-refractivity contribution in [2.45, 2.75) is 112 Å². The molecule has 0 bridgehead atoms. The first-order chi connectivity index (χ1) is 18.7. The Morgan fingerprint density at radius 1 is 0.780 bits per heavy atom. The predicted octanol–water partition coefficient (Wildman–Crippen LogP) is 5.86. The van der Waals surface area contributed by atoms with Gasteiger partial charge in [0.1, 0.15) is 29.5 Å². The third kappa shape index (κ3) is 12.7. The van der Waals surface area contributed by atoms with E-state index in [0.717, 1.165) is 0 Å². The maximum Gasteiger partial charge on any atom is 0.514 e. The zero-order chi connectivity index (χ0) is 31.7. The van der Waals surface area contributed by atoms with Gasteiger partial charge in [0.25, 0.3) is 0 Å². The molecule has 1 rings (SSSR count). The van der Waals surface area contributed by atoms with Gasteiger partial charge in [-0.1, -0.05) is 33.8 Å². The van der Waals surface area contributed by atoms with Crippen molar-refractivity contribution in [3.63, 3.8) is 0 Å². The van der Waals surface area contributed by atoms with Crippen LogP contribution in [0.4, 0.5) is 14.4 Å². The summed E-state index contributed by atoms with van der Waals surface area (Å²) in [6.07, 6.45) is -5.36. The van der Waals surface area contributed by atoms with Crippen LogP contribution in [0.1, 0.15) is 81.2 Å². The van der Waals surface area contributed by atoms with Gasteiger partial charge in [-0.15, -0.1) is 0 Å². The van der Waals surface area contributed by atoms with E-state index in [-0.39, 0.29) is 36.2 Å². The molecule has 12 nitrogen and oxygen atoms in total. The van der Waals surface area contributed by atoms with Crippen LogP contribution in [-0.2, 0) is 30.2 Å². The van der Waals surface area contributed by atoms with Crippen LogP contribution in [0.25, 0.3) is 0 Å². The SMILES string of the molecule is CC(C)C(C)OC(=O)Oc1ccc(CC(N)(C[C@H](C)OC(=O)OC(C)(C)C)C(=O)O)cc1OC(=O)OC(C)C(C)C. The van der Waals surface area contributed by atoms with Crippen molar-refractivity contribution in [3.8, 4) is 11.5 Å². The summed E-state index contributed by atoms with van der Waals surface area (Å²) in [5, 5.41) is 9.94. The standard InChI is InChI=1S/C29H45NO11/c1-16(2)19(6)37-25(33)39-22-12-11-21(13-23(22)40-26(34)38-20(7)17(3)4)15-29(30,24(31)32)14-18(5)36-27(35)41-28(8,9)10/h11-13,16-20H,14-15,30H2,1-10H3,(H,31,32)/t18-,19?,20?,29?/m0/s1. The Bertz CT molecular complexity index is 1060. The van der Waals surface area contributed by atoms with Gasteiger partial charge in [0, 0.05) is 12.8 Å². The number of carboxylic acids is 1. The summed E-state index contributed by atoms with van der Waals surface area (Å²) in [7, 11) is 0. The molecule has 0 heterocycles. The number of rotatable bonds is 12. The molecule has 0 amide bonds. The molecule has 12 heteroatoms. The van der Waals surface area contributed by atoms with E-state index >= 15 is 0 Å². The van der Waals surface area contributed by atoms with Crippen LogP contribution in [0.5, 0.6) is 11.5 Å². The first-order valence-corrected chi connectivity index (χ1v) is 13.5. The number of hydrogen-bond donors (Lipinski definition) is 2. The Morgan fingerprint density at radius 3 is 1.71 bits per heavy atom. The van der Waals surface area contributed by atoms with Gasteiger partial charge in [-0.3, -0.25) is 4.79 Å². The molecule has 0 saturated carbocycles. The molecule has 0 aromatic heterocycles. The summed E-state index contributed by atoms with van der Waals surface area (Å²) in [6, 6.07) is 4.11. The molecular weight excluding hydrogens is 538 g/mol. The minimum atomic E-state index is -1.89. The molecule has 1 aromatic rings. The highest BCUT2D eigenvalue weighted by atomic mass is 16.8. The third-order valence-corrected chi connectivity index (χ3v) is 6.12. The molecule has 0 aliphatic carbocycles. The summed E-state index contributed by atoms with van der Waals surface area (Å²) in [5.41, 5.74) is 3.90. The van der Waals surface area contributed by atoms with E-state index in [2.05, 4.69) is 0 Å². The topological polar surface area (TPSA) is 170 Å². The van der Waals surface area contributed by atoms with Gasteiger partial charge >= 0.3 is 24.4 Å². The monoisotopic (exact) mass is 583 g/mol. The van der Waals surface area contributed by atoms with Crippen LogP contribution < -0.4 is 15.2 Å². The smallest absolute Gasteiger partial charge is 0.480 e. The molecule has 4 atom stereocenters. The number of nitrogens with two attached hydrogens (primary N) is 1. The van der Waals surface area contributed by atoms with E-state index in [1.807, 2.05) is 27.7 Å². The van der Waals surface area contributed by atoms with Crippen molar-refractivity contribution in [2.75, 3.05) is 0 Å². The molecule has 3 unspecified atom stereocenters. The fourth-order valence-electron chi connectivity index (χ4n) is 3.22. The first-order valence-electron chi connectivity index (χ1n) is 13.5. The predicted molar refractivity (Wildman–Crippen MR) is 149 cm³/mol. The molecule has 0 fully saturated rings. The number of carboxylic acid groups (broad SMARTS) is 1. The Hall–Kier alpha value is -3.54. The van der Waals surface area contributed by atoms with Crippen molar-refractivity contribution < 1.29 is 52.7 Å². The van der Waals surface area contributed by atoms with Gasteiger partial charge in [-0.05, 0) is 71.1 Å². The molecule has 0 aliphatic heterocycles. The number of ether oxygens (including phenoxy) is 6. The second kappa shape index (κ2) is 14.9. The average Bonchev–Trinajstić information content (AvgIpc) is 2.78. The highest BCUT2D eigenvalue weighted by molar-refractivity contribution is 5.79. The van der Waals surface area contributed by atoms with Crippen LogP contribution in [0.3, 0.4) is 0 Å². The summed E-state index contributed by atoms with van der Waals surface area (Å²) in [4.78, 5) is 49.1. The lowest BCUT2D eigenvalue weighted by Crippen LogP contribution is -2.52. The highest BCUT2D eigenvalue weighted by Gasteiger charge is 2.38. The zero-order valence-electron chi connectivity index (χ0n) is 25.6. The Balaban J connectivity index is 3.24. The fourth-order valence-corrected chi connectivity index (χ4v) is 3.22. The molecule has 0 spiro atoms. The molecular formula is C29H45NO11. The zero-order valence-corrected chi connectivity index (χ0v) is 25.6. The molecule has 3 N–H and O–H groups in total. The third-order valence-electron chi connectivity index (χ3n) is 6.12. The Morgan fingerprint density at radius 2 is 1.27 bits per heavy atom. The first kappa shape index (κ1) is 35.5. The van der Waals surface area contributed by atoms with Crippen LogP contribution in [-0.4, -0.2) is 59.0 Å². The Labute approximate surface area is 241 Å². The molecule has 232 valence electrons. The van der Waals surface area contributed by atoms with Crippen molar-refractivity contribution in [1.29, 1.82) is 0 Å². The van der Waals surface area contributed by atoms with Crippen molar-refractivity contribution in [1.82, 2.24) is 0 Å². The number of carbonyl (C=O) groups is 4. The fraction of sp³-hybridized carbons (Fsp3) is 0.655. The van der Waals surface area contributed by atoms with Gasteiger partial charge in [0.05, 0.1) is 0 Å². The van der Waals surface area contributed by atoms with Gasteiger partial charge in [-0.2, -0.15) is 0 Å². The van der Waals surface area contributed by atoms with Gasteiger partial charge < -0.3 is 39.3 Å². The minimum Gasteiger partial charge on any atom is -0.480 e. The normalized spacial score (nSPS) is 15.2. The second-order valence-electron chi connectivity index (χ2n) is 11.9. The summed E-state index contributed by atoms with van der Waals surface area (Å²) in [5.74, 6) is -1.66. The quantitative estimate of drug-likeness (QED) is 0.171. The maximum atomic E-state index is 12.5. The van der Waals surface area contributed by atoms with E-state index in [9.17, 15) is 24.3 Å². The van der Waals surface area contributed by atoms with Crippen LogP contribution in [0.2, 0.25) is 0 Å². The van der Waals surface area contributed by atoms with E-state index in [1.165, 1.54) is 25.1 Å². The lowest BCUT2D eigenvalue weighted by Gasteiger charge is -2.28. The molecule has 0 saturated heterocycles. The lowest BCUT2D eigenvalue weighted by atomic mass is 9.86. The van der Waals surface area contributed by atoms with E-state index in [0.29, 0.717) is 5.56 Å². The van der Waals surface area contributed by atoms with Crippen molar-refractivity contribution in [2.24, 2.45) is 17.6 Å². The highest BCUT2D eigenvalue weighted by Crippen LogP contribution is 2.32. The molecule has 0 radical (unpaired) electrons. The number of benzene rings is 1. The van der Waals surface area contributed by atoms with Gasteiger partial charge in [-0.25, -0.2) is 14.4 Å². The molecule has 0 aliphatic rings. The molecule has 1 aromatic carbocycles. The minimum absolute atomic E-state index is 0.00964. The van der Waals surface area contributed by atoms with Crippen LogP contribution in [0.15, 0.2) is 18.2 Å². The summed E-state index contributed by atoms with van der Waals surface area (Å²) >= 11 is 0. The van der Waals surface area contributed by atoms with E-state index in [4.69, 9.17) is 34.2 Å². The average molecular weight is 584 g/mol. The summed E-state index contributed by atoms with van der Waals surface area (Å²) in [6.45, 7) is 17.4. The van der Waals surface area contributed by atoms with E-state index < -0.39 is 53.9 Å². The van der Waals surface area contributed by atoms with Crippen molar-refractivity contribution in [3.05, 3.63) is 23.8 Å². The lowest BCUT2D eigenvalue weighted by molar-refractivity contribution is -0.145. The summed E-state index contributed by atoms with van der Waals surface area (Å²) < 4.78 is 31.4. The van der Waals surface area contributed by atoms with E-state index in [1.54, 1.807) is 34.6 Å². The maximum absolute atomic E-state index is 12.5. The van der Waals surface area contributed by atoms with Crippen LogP contribution in [0, 0.1) is 11.8 Å². The largest absolute Gasteiger partial charge is 0.514 e. The van der Waals surface area contributed by atoms with Gasteiger partial charge in [0.2, 0.25) is 0 Å². The number of hydrogen-bond acceptors (Lipinski definition) is 11. The molecule has 41 heavy (non-hydrogen) atoms. The van der Waals surface area contributed by atoms with Crippen molar-refractivity contribution >= 4 is 24.4 Å². The van der Waals surface area contributed by atoms with Crippen LogP contribution >= 0.6 is 0 Å². The second-order valence-corrected chi connectivity index (χ2v) is 11.9. The Kier molecular flexibility index (Phi) is 12.9.